The first kappa shape index (κ1) is 8.44. The van der Waals surface area contributed by atoms with Crippen molar-refractivity contribution in [3.8, 4) is 0 Å². The molecule has 4 heteroatoms. The summed E-state index contributed by atoms with van der Waals surface area (Å²) in [5.74, 6) is 0.544. The summed E-state index contributed by atoms with van der Waals surface area (Å²) in [6.45, 7) is 6.01. The van der Waals surface area contributed by atoms with E-state index < -0.39 is 0 Å². The number of rotatable bonds is 0. The molecule has 2 N–H and O–H groups in total. The fraction of sp³-hybridized carbons (Fsp3) is 0.333. The number of fused-ring (bicyclic) bond motifs is 1. The second-order valence-electron chi connectivity index (χ2n) is 3.12. The van der Waals surface area contributed by atoms with Crippen LogP contribution in [-0.4, -0.2) is 9.97 Å². The van der Waals surface area contributed by atoms with Gasteiger partial charge in [0.1, 0.15) is 5.52 Å². The lowest BCUT2D eigenvalue weighted by Crippen LogP contribution is -1.96. The Bertz CT molecular complexity index is 473. The van der Waals surface area contributed by atoms with Gasteiger partial charge in [0.2, 0.25) is 0 Å². The maximum Gasteiger partial charge on any atom is 0.151 e. The normalized spacial score (nSPS) is 11.0. The summed E-state index contributed by atoms with van der Waals surface area (Å²) < 4.78 is 1.17. The second kappa shape index (κ2) is 2.67. The molecule has 0 fully saturated rings. The van der Waals surface area contributed by atoms with Crippen LogP contribution in [0.4, 0.5) is 5.82 Å². The van der Waals surface area contributed by atoms with Gasteiger partial charge in [-0.2, -0.15) is 0 Å². The summed E-state index contributed by atoms with van der Waals surface area (Å²) in [4.78, 5) is 8.58. The molecule has 2 aromatic heterocycles. The van der Waals surface area contributed by atoms with Gasteiger partial charge in [0.05, 0.1) is 9.71 Å². The molecule has 2 heterocycles. The molecule has 0 aliphatic heterocycles. The minimum absolute atomic E-state index is 0.544. The van der Waals surface area contributed by atoms with Crippen molar-refractivity contribution < 1.29 is 0 Å². The van der Waals surface area contributed by atoms with E-state index in [1.807, 2.05) is 13.8 Å². The predicted molar refractivity (Wildman–Crippen MR) is 56.0 cm³/mol. The van der Waals surface area contributed by atoms with Gasteiger partial charge in [0.25, 0.3) is 0 Å². The molecule has 2 rings (SSSR count). The third kappa shape index (κ3) is 1.18. The summed E-state index contributed by atoms with van der Waals surface area (Å²) in [5, 5.41) is 1.04. The summed E-state index contributed by atoms with van der Waals surface area (Å²) in [5.41, 5.74) is 8.81. The number of anilines is 1. The fourth-order valence-electron chi connectivity index (χ4n) is 1.34. The van der Waals surface area contributed by atoms with E-state index in [0.717, 1.165) is 16.2 Å². The number of nitrogen functional groups attached to an aromatic ring is 1. The molecular formula is C9H11N3S. The SMILES string of the molecule is Cc1nc2c(N)nc(C)c(C)c2s1. The van der Waals surface area contributed by atoms with E-state index in [0.29, 0.717) is 5.82 Å². The number of hydrogen-bond acceptors (Lipinski definition) is 4. The molecule has 0 aromatic carbocycles. The van der Waals surface area contributed by atoms with E-state index in [1.54, 1.807) is 11.3 Å². The number of thiazole rings is 1. The predicted octanol–water partition coefficient (Wildman–Crippen LogP) is 2.20. The maximum absolute atomic E-state index is 5.77. The van der Waals surface area contributed by atoms with E-state index in [9.17, 15) is 0 Å². The molecule has 0 spiro atoms. The van der Waals surface area contributed by atoms with E-state index in [2.05, 4.69) is 16.9 Å². The van der Waals surface area contributed by atoms with Crippen LogP contribution in [-0.2, 0) is 0 Å². The van der Waals surface area contributed by atoms with Crippen molar-refractivity contribution in [3.63, 3.8) is 0 Å². The van der Waals surface area contributed by atoms with Crippen LogP contribution < -0.4 is 5.73 Å². The number of aryl methyl sites for hydroxylation is 3. The first-order valence-electron chi connectivity index (χ1n) is 4.09. The average Bonchev–Trinajstić information content (AvgIpc) is 2.44. The number of aromatic nitrogens is 2. The summed E-state index contributed by atoms with van der Waals surface area (Å²) in [6.07, 6.45) is 0. The van der Waals surface area contributed by atoms with Gasteiger partial charge in [-0.15, -0.1) is 11.3 Å². The van der Waals surface area contributed by atoms with Crippen molar-refractivity contribution >= 4 is 27.4 Å². The van der Waals surface area contributed by atoms with Gasteiger partial charge >= 0.3 is 0 Å². The first-order chi connectivity index (χ1) is 6.09. The molecule has 0 amide bonds. The van der Waals surface area contributed by atoms with Crippen LogP contribution in [0.5, 0.6) is 0 Å². The van der Waals surface area contributed by atoms with Gasteiger partial charge in [0, 0.05) is 5.69 Å². The van der Waals surface area contributed by atoms with Gasteiger partial charge in [0.15, 0.2) is 5.82 Å². The Hall–Kier alpha value is -1.16. The molecule has 0 unspecified atom stereocenters. The van der Waals surface area contributed by atoms with Crippen LogP contribution in [0.15, 0.2) is 0 Å². The van der Waals surface area contributed by atoms with Crippen LogP contribution in [0.2, 0.25) is 0 Å². The highest BCUT2D eigenvalue weighted by atomic mass is 32.1. The molecule has 0 aliphatic rings. The Kier molecular flexibility index (Phi) is 1.73. The smallest absolute Gasteiger partial charge is 0.151 e. The molecule has 0 bridgehead atoms. The van der Waals surface area contributed by atoms with E-state index in [-0.39, 0.29) is 0 Å². The summed E-state index contributed by atoms with van der Waals surface area (Å²) >= 11 is 1.68. The Balaban J connectivity index is 2.95. The molecule has 0 atom stereocenters. The molecule has 2 aromatic rings. The minimum Gasteiger partial charge on any atom is -0.382 e. The number of nitrogens with two attached hydrogens (primary N) is 1. The Morgan fingerprint density at radius 2 is 1.85 bits per heavy atom. The van der Waals surface area contributed by atoms with Crippen molar-refractivity contribution in [2.75, 3.05) is 5.73 Å². The highest BCUT2D eigenvalue weighted by Gasteiger charge is 2.09. The summed E-state index contributed by atoms with van der Waals surface area (Å²) in [7, 11) is 0. The zero-order valence-corrected chi connectivity index (χ0v) is 8.70. The molecular weight excluding hydrogens is 182 g/mol. The summed E-state index contributed by atoms with van der Waals surface area (Å²) in [6, 6.07) is 0. The zero-order valence-electron chi connectivity index (χ0n) is 7.88. The third-order valence-electron chi connectivity index (χ3n) is 2.15. The molecule has 0 radical (unpaired) electrons. The molecule has 0 saturated carbocycles. The van der Waals surface area contributed by atoms with E-state index in [1.165, 1.54) is 10.3 Å². The number of hydrogen-bond donors (Lipinski definition) is 1. The van der Waals surface area contributed by atoms with Gasteiger partial charge in [-0.3, -0.25) is 0 Å². The van der Waals surface area contributed by atoms with Crippen molar-refractivity contribution in [1.82, 2.24) is 9.97 Å². The Morgan fingerprint density at radius 1 is 1.15 bits per heavy atom. The highest BCUT2D eigenvalue weighted by Crippen LogP contribution is 2.29. The minimum atomic E-state index is 0.544. The van der Waals surface area contributed by atoms with Crippen LogP contribution in [0, 0.1) is 20.8 Å². The van der Waals surface area contributed by atoms with E-state index in [4.69, 9.17) is 5.73 Å². The van der Waals surface area contributed by atoms with Crippen LogP contribution in [0.3, 0.4) is 0 Å². The Morgan fingerprint density at radius 3 is 2.54 bits per heavy atom. The van der Waals surface area contributed by atoms with Crippen molar-refractivity contribution in [2.45, 2.75) is 20.8 Å². The van der Waals surface area contributed by atoms with Crippen LogP contribution in [0.1, 0.15) is 16.3 Å². The second-order valence-corrected chi connectivity index (χ2v) is 4.32. The van der Waals surface area contributed by atoms with Crippen molar-refractivity contribution in [3.05, 3.63) is 16.3 Å². The molecule has 13 heavy (non-hydrogen) atoms. The topological polar surface area (TPSA) is 51.8 Å². The average molecular weight is 193 g/mol. The molecule has 0 aliphatic carbocycles. The maximum atomic E-state index is 5.77. The zero-order chi connectivity index (χ0) is 9.59. The molecule has 3 nitrogen and oxygen atoms in total. The monoisotopic (exact) mass is 193 g/mol. The standard InChI is InChI=1S/C9H11N3S/c1-4-5(2)11-9(10)7-8(4)13-6(3)12-7/h1-3H3,(H2,10,11). The third-order valence-corrected chi connectivity index (χ3v) is 3.24. The lowest BCUT2D eigenvalue weighted by molar-refractivity contribution is 1.18. The van der Waals surface area contributed by atoms with Gasteiger partial charge in [-0.05, 0) is 26.3 Å². The first-order valence-corrected chi connectivity index (χ1v) is 4.91. The quantitative estimate of drug-likeness (QED) is 0.697. The molecule has 68 valence electrons. The fourth-order valence-corrected chi connectivity index (χ4v) is 2.32. The van der Waals surface area contributed by atoms with Gasteiger partial charge < -0.3 is 5.73 Å². The molecule has 0 saturated heterocycles. The van der Waals surface area contributed by atoms with Gasteiger partial charge in [-0.25, -0.2) is 9.97 Å². The van der Waals surface area contributed by atoms with Crippen molar-refractivity contribution in [2.24, 2.45) is 0 Å². The Labute approximate surface area is 80.6 Å². The highest BCUT2D eigenvalue weighted by molar-refractivity contribution is 7.18. The largest absolute Gasteiger partial charge is 0.382 e. The van der Waals surface area contributed by atoms with Crippen molar-refractivity contribution in [1.29, 1.82) is 0 Å². The lowest BCUT2D eigenvalue weighted by Gasteiger charge is -2.01. The van der Waals surface area contributed by atoms with Crippen LogP contribution >= 0.6 is 11.3 Å². The van der Waals surface area contributed by atoms with Gasteiger partial charge in [-0.1, -0.05) is 0 Å². The number of pyridine rings is 1. The van der Waals surface area contributed by atoms with E-state index >= 15 is 0 Å². The van der Waals surface area contributed by atoms with Crippen LogP contribution in [0.25, 0.3) is 10.2 Å². The number of nitrogens with zero attached hydrogens (tertiary/aromatic N) is 2. The lowest BCUT2D eigenvalue weighted by atomic mass is 10.2.